The first kappa shape index (κ1) is 12.1. The number of nitrogens with zero attached hydrogens (tertiary/aromatic N) is 1. The molecule has 0 spiro atoms. The van der Waals surface area contributed by atoms with Gasteiger partial charge in [-0.15, -0.1) is 0 Å². The summed E-state index contributed by atoms with van der Waals surface area (Å²) >= 11 is 6.12. The summed E-state index contributed by atoms with van der Waals surface area (Å²) in [5.41, 5.74) is 1.83. The summed E-state index contributed by atoms with van der Waals surface area (Å²) in [4.78, 5) is 4.39. The number of halogens is 1. The third kappa shape index (κ3) is 2.56. The minimum atomic E-state index is 0.611. The second-order valence-corrected chi connectivity index (χ2v) is 4.83. The van der Waals surface area contributed by atoms with Gasteiger partial charge < -0.3 is 9.73 Å². The van der Waals surface area contributed by atoms with Gasteiger partial charge >= 0.3 is 0 Å². The highest BCUT2D eigenvalue weighted by molar-refractivity contribution is 6.31. The van der Waals surface area contributed by atoms with Crippen LogP contribution in [0.25, 0.3) is 10.9 Å². The monoisotopic (exact) mass is 272 g/mol. The fraction of sp³-hybridized carbons (Fsp3) is 0.133. The lowest BCUT2D eigenvalue weighted by Gasteiger charge is -2.08. The molecule has 0 aliphatic rings. The van der Waals surface area contributed by atoms with E-state index >= 15 is 0 Å². The highest BCUT2D eigenvalue weighted by Gasteiger charge is 2.05. The van der Waals surface area contributed by atoms with E-state index in [0.717, 1.165) is 28.1 Å². The lowest BCUT2D eigenvalue weighted by Crippen LogP contribution is -1.99. The Kier molecular flexibility index (Phi) is 3.13. The van der Waals surface area contributed by atoms with Crippen LogP contribution < -0.4 is 5.32 Å². The molecule has 1 aromatic carbocycles. The van der Waals surface area contributed by atoms with Crippen molar-refractivity contribution in [2.75, 3.05) is 5.32 Å². The second kappa shape index (κ2) is 4.94. The maximum atomic E-state index is 6.12. The number of nitrogens with one attached hydrogen (secondary N) is 1. The van der Waals surface area contributed by atoms with E-state index in [-0.39, 0.29) is 0 Å². The molecule has 0 atom stereocenters. The molecule has 0 saturated carbocycles. The maximum absolute atomic E-state index is 6.12. The van der Waals surface area contributed by atoms with E-state index in [0.29, 0.717) is 11.6 Å². The molecule has 96 valence electrons. The molecular weight excluding hydrogens is 260 g/mol. The third-order valence-corrected chi connectivity index (χ3v) is 3.14. The Hall–Kier alpha value is -2.00. The van der Waals surface area contributed by atoms with E-state index < -0.39 is 0 Å². The number of fused-ring (bicyclic) bond motifs is 1. The Labute approximate surface area is 116 Å². The minimum absolute atomic E-state index is 0.611. The number of anilines is 1. The summed E-state index contributed by atoms with van der Waals surface area (Å²) < 4.78 is 5.53. The molecule has 0 aliphatic carbocycles. The molecule has 0 amide bonds. The molecule has 3 nitrogen and oxygen atoms in total. The van der Waals surface area contributed by atoms with Gasteiger partial charge in [0.15, 0.2) is 0 Å². The summed E-state index contributed by atoms with van der Waals surface area (Å²) in [6.07, 6.45) is 1.78. The zero-order chi connectivity index (χ0) is 13.2. The Bertz CT molecular complexity index is 721. The second-order valence-electron chi connectivity index (χ2n) is 4.39. The van der Waals surface area contributed by atoms with Gasteiger partial charge in [0.2, 0.25) is 0 Å². The van der Waals surface area contributed by atoms with Crippen LogP contribution in [0.4, 0.5) is 5.69 Å². The zero-order valence-corrected chi connectivity index (χ0v) is 11.2. The first-order chi connectivity index (χ1) is 9.22. The van der Waals surface area contributed by atoms with Gasteiger partial charge in [-0.2, -0.15) is 0 Å². The molecule has 2 heterocycles. The number of furan rings is 1. The van der Waals surface area contributed by atoms with Gasteiger partial charge in [0, 0.05) is 16.6 Å². The SMILES string of the molecule is Cc1ccc(CNc2cc(Cl)cc3cccnc23)o1. The van der Waals surface area contributed by atoms with Gasteiger partial charge in [-0.25, -0.2) is 0 Å². The van der Waals surface area contributed by atoms with E-state index in [1.54, 1.807) is 6.20 Å². The highest BCUT2D eigenvalue weighted by Crippen LogP contribution is 2.26. The summed E-state index contributed by atoms with van der Waals surface area (Å²) in [7, 11) is 0. The summed E-state index contributed by atoms with van der Waals surface area (Å²) in [6.45, 7) is 2.54. The van der Waals surface area contributed by atoms with Crippen molar-refractivity contribution < 1.29 is 4.42 Å². The average molecular weight is 273 g/mol. The molecule has 4 heteroatoms. The fourth-order valence-corrected chi connectivity index (χ4v) is 2.28. The van der Waals surface area contributed by atoms with E-state index in [2.05, 4.69) is 10.3 Å². The molecule has 19 heavy (non-hydrogen) atoms. The number of hydrogen-bond acceptors (Lipinski definition) is 3. The number of benzene rings is 1. The lowest BCUT2D eigenvalue weighted by molar-refractivity contribution is 0.490. The number of aromatic nitrogens is 1. The molecule has 3 aromatic rings. The van der Waals surface area contributed by atoms with Gasteiger partial charge in [0.25, 0.3) is 0 Å². The molecule has 3 rings (SSSR count). The van der Waals surface area contributed by atoms with Gasteiger partial charge in [-0.3, -0.25) is 4.98 Å². The van der Waals surface area contributed by atoms with Gasteiger partial charge in [0.05, 0.1) is 17.7 Å². The summed E-state index contributed by atoms with van der Waals surface area (Å²) in [5, 5.41) is 5.03. The van der Waals surface area contributed by atoms with E-state index in [9.17, 15) is 0 Å². The van der Waals surface area contributed by atoms with Crippen molar-refractivity contribution in [2.45, 2.75) is 13.5 Å². The van der Waals surface area contributed by atoms with Crippen LogP contribution in [-0.4, -0.2) is 4.98 Å². The highest BCUT2D eigenvalue weighted by atomic mass is 35.5. The smallest absolute Gasteiger partial charge is 0.123 e. The molecule has 0 radical (unpaired) electrons. The minimum Gasteiger partial charge on any atom is -0.465 e. The van der Waals surface area contributed by atoms with Crippen molar-refractivity contribution in [3.63, 3.8) is 0 Å². The molecule has 0 saturated heterocycles. The van der Waals surface area contributed by atoms with Gasteiger partial charge in [-0.05, 0) is 37.3 Å². The van der Waals surface area contributed by atoms with Crippen molar-refractivity contribution in [2.24, 2.45) is 0 Å². The fourth-order valence-electron chi connectivity index (χ4n) is 2.05. The van der Waals surface area contributed by atoms with E-state index in [4.69, 9.17) is 16.0 Å². The average Bonchev–Trinajstić information content (AvgIpc) is 2.81. The van der Waals surface area contributed by atoms with Crippen LogP contribution in [0.1, 0.15) is 11.5 Å². The van der Waals surface area contributed by atoms with E-state index in [1.807, 2.05) is 43.3 Å². The van der Waals surface area contributed by atoms with Crippen LogP contribution in [0.3, 0.4) is 0 Å². The van der Waals surface area contributed by atoms with Crippen LogP contribution in [-0.2, 0) is 6.54 Å². The quantitative estimate of drug-likeness (QED) is 0.768. The topological polar surface area (TPSA) is 38.1 Å². The molecule has 0 unspecified atom stereocenters. The van der Waals surface area contributed by atoms with Gasteiger partial charge in [-0.1, -0.05) is 17.7 Å². The summed E-state index contributed by atoms with van der Waals surface area (Å²) in [5.74, 6) is 1.80. The Morgan fingerprint density at radius 2 is 2.16 bits per heavy atom. The van der Waals surface area contributed by atoms with Crippen molar-refractivity contribution in [3.05, 3.63) is 59.1 Å². The third-order valence-electron chi connectivity index (χ3n) is 2.92. The van der Waals surface area contributed by atoms with Crippen LogP contribution in [0, 0.1) is 6.92 Å². The first-order valence-corrected chi connectivity index (χ1v) is 6.43. The Balaban J connectivity index is 1.91. The largest absolute Gasteiger partial charge is 0.465 e. The van der Waals surface area contributed by atoms with Crippen molar-refractivity contribution >= 4 is 28.2 Å². The molecule has 1 N–H and O–H groups in total. The molecular formula is C15H13ClN2O. The number of aryl methyl sites for hydroxylation is 1. The molecule has 0 aliphatic heterocycles. The van der Waals surface area contributed by atoms with Crippen molar-refractivity contribution in [1.82, 2.24) is 4.98 Å². The van der Waals surface area contributed by atoms with E-state index in [1.165, 1.54) is 0 Å². The summed E-state index contributed by atoms with van der Waals surface area (Å²) in [6, 6.07) is 11.6. The zero-order valence-electron chi connectivity index (χ0n) is 10.5. The molecule has 2 aromatic heterocycles. The van der Waals surface area contributed by atoms with Crippen LogP contribution in [0.5, 0.6) is 0 Å². The maximum Gasteiger partial charge on any atom is 0.123 e. The van der Waals surface area contributed by atoms with Crippen molar-refractivity contribution in [3.8, 4) is 0 Å². The van der Waals surface area contributed by atoms with Crippen LogP contribution in [0.15, 0.2) is 47.0 Å². The molecule has 0 fully saturated rings. The normalized spacial score (nSPS) is 10.8. The Morgan fingerprint density at radius 3 is 2.95 bits per heavy atom. The predicted molar refractivity (Wildman–Crippen MR) is 77.5 cm³/mol. The number of rotatable bonds is 3. The Morgan fingerprint density at radius 1 is 1.26 bits per heavy atom. The number of pyridine rings is 1. The lowest BCUT2D eigenvalue weighted by atomic mass is 10.2. The van der Waals surface area contributed by atoms with Crippen molar-refractivity contribution in [1.29, 1.82) is 0 Å². The standard InChI is InChI=1S/C15H13ClN2O/c1-10-4-5-13(19-10)9-18-14-8-12(16)7-11-3-2-6-17-15(11)14/h2-8,18H,9H2,1H3. The van der Waals surface area contributed by atoms with Crippen LogP contribution in [0.2, 0.25) is 5.02 Å². The molecule has 0 bridgehead atoms. The number of hydrogen-bond donors (Lipinski definition) is 1. The van der Waals surface area contributed by atoms with Crippen LogP contribution >= 0.6 is 11.6 Å². The van der Waals surface area contributed by atoms with Gasteiger partial charge in [0.1, 0.15) is 11.5 Å². The predicted octanol–water partition coefficient (Wildman–Crippen LogP) is 4.40. The first-order valence-electron chi connectivity index (χ1n) is 6.06.